The minimum absolute atomic E-state index is 0.0774. The second kappa shape index (κ2) is 6.78. The summed E-state index contributed by atoms with van der Waals surface area (Å²) in [5.41, 5.74) is 1.05. The van der Waals surface area contributed by atoms with E-state index in [1.54, 1.807) is 13.0 Å². The van der Waals surface area contributed by atoms with Crippen molar-refractivity contribution in [2.24, 2.45) is 0 Å². The molecule has 1 amide bonds. The molecule has 6 nitrogen and oxygen atoms in total. The van der Waals surface area contributed by atoms with Crippen molar-refractivity contribution in [3.8, 4) is 5.75 Å². The monoisotopic (exact) mass is 334 g/mol. The molecule has 7 heteroatoms. The number of carbonyl (C=O) groups is 2. The normalized spacial score (nSPS) is 10.7. The molecule has 2 aromatic rings. The van der Waals surface area contributed by atoms with Crippen LogP contribution in [0.1, 0.15) is 44.6 Å². The third kappa shape index (κ3) is 4.07. The highest BCUT2D eigenvalue weighted by molar-refractivity contribution is 7.13. The number of anilines is 1. The van der Waals surface area contributed by atoms with E-state index in [9.17, 15) is 9.59 Å². The van der Waals surface area contributed by atoms with Gasteiger partial charge in [-0.2, -0.15) is 0 Å². The van der Waals surface area contributed by atoms with Crippen LogP contribution in [0.2, 0.25) is 0 Å². The third-order valence-corrected chi connectivity index (χ3v) is 4.02. The standard InChI is InChI=1S/C16H18N2O4S/c1-8(2)22-13-6-5-11(16(20)21)7-12(13)18-15(19)14-9(3)17-10(4)23-14/h5-8H,1-4H3,(H,18,19)(H,20,21). The lowest BCUT2D eigenvalue weighted by Crippen LogP contribution is -2.15. The smallest absolute Gasteiger partial charge is 0.335 e. The first-order chi connectivity index (χ1) is 10.8. The van der Waals surface area contributed by atoms with Crippen molar-refractivity contribution < 1.29 is 19.4 Å². The number of aryl methyl sites for hydroxylation is 2. The number of hydrogen-bond acceptors (Lipinski definition) is 5. The molecule has 0 radical (unpaired) electrons. The summed E-state index contributed by atoms with van der Waals surface area (Å²) in [6.07, 6.45) is -0.103. The lowest BCUT2D eigenvalue weighted by Gasteiger charge is -2.15. The van der Waals surface area contributed by atoms with Crippen LogP contribution in [-0.4, -0.2) is 28.1 Å². The van der Waals surface area contributed by atoms with Gasteiger partial charge in [0.15, 0.2) is 0 Å². The molecule has 1 aromatic heterocycles. The zero-order valence-corrected chi connectivity index (χ0v) is 14.2. The van der Waals surface area contributed by atoms with Crippen LogP contribution in [0, 0.1) is 13.8 Å². The Morgan fingerprint density at radius 3 is 2.52 bits per heavy atom. The van der Waals surface area contributed by atoms with Gasteiger partial charge in [-0.3, -0.25) is 4.79 Å². The zero-order chi connectivity index (χ0) is 17.1. The molecule has 1 aromatic carbocycles. The van der Waals surface area contributed by atoms with Crippen LogP contribution in [0.15, 0.2) is 18.2 Å². The van der Waals surface area contributed by atoms with Crippen LogP contribution in [0.3, 0.4) is 0 Å². The molecule has 0 atom stereocenters. The van der Waals surface area contributed by atoms with Crippen LogP contribution >= 0.6 is 11.3 Å². The zero-order valence-electron chi connectivity index (χ0n) is 13.3. The van der Waals surface area contributed by atoms with Crippen LogP contribution in [0.5, 0.6) is 5.75 Å². The molecule has 2 N–H and O–H groups in total. The Balaban J connectivity index is 2.35. The molecule has 0 spiro atoms. The van der Waals surface area contributed by atoms with Crippen molar-refractivity contribution in [3.63, 3.8) is 0 Å². The molecule has 2 rings (SSSR count). The molecule has 0 saturated heterocycles. The number of carboxylic acids is 1. The van der Waals surface area contributed by atoms with E-state index in [0.717, 1.165) is 5.01 Å². The van der Waals surface area contributed by atoms with Crippen molar-refractivity contribution in [2.45, 2.75) is 33.8 Å². The number of aromatic nitrogens is 1. The van der Waals surface area contributed by atoms with Crippen molar-refractivity contribution in [1.82, 2.24) is 4.98 Å². The molecule has 0 fully saturated rings. The summed E-state index contributed by atoms with van der Waals surface area (Å²) < 4.78 is 5.63. The highest BCUT2D eigenvalue weighted by atomic mass is 32.1. The first kappa shape index (κ1) is 17.0. The molecule has 0 bridgehead atoms. The Bertz CT molecular complexity index is 753. The van der Waals surface area contributed by atoms with E-state index in [-0.39, 0.29) is 17.6 Å². The molecule has 0 aliphatic rings. The third-order valence-electron chi connectivity index (χ3n) is 2.95. The molecule has 0 unspecified atom stereocenters. The van der Waals surface area contributed by atoms with Gasteiger partial charge >= 0.3 is 5.97 Å². The lowest BCUT2D eigenvalue weighted by molar-refractivity contribution is 0.0696. The van der Waals surface area contributed by atoms with Gasteiger partial charge in [0.1, 0.15) is 10.6 Å². The van der Waals surface area contributed by atoms with Crippen LogP contribution in [-0.2, 0) is 0 Å². The number of benzene rings is 1. The number of carbonyl (C=O) groups excluding carboxylic acids is 1. The van der Waals surface area contributed by atoms with Crippen LogP contribution < -0.4 is 10.1 Å². The fourth-order valence-electron chi connectivity index (χ4n) is 2.04. The minimum atomic E-state index is -1.07. The van der Waals surface area contributed by atoms with Gasteiger partial charge in [0, 0.05) is 0 Å². The van der Waals surface area contributed by atoms with Crippen LogP contribution in [0.4, 0.5) is 5.69 Å². The molecule has 0 aliphatic heterocycles. The van der Waals surface area contributed by atoms with Gasteiger partial charge in [-0.25, -0.2) is 9.78 Å². The molecule has 122 valence electrons. The molecule has 1 heterocycles. The summed E-state index contributed by atoms with van der Waals surface area (Å²) in [6.45, 7) is 7.30. The number of hydrogen-bond donors (Lipinski definition) is 2. The van der Waals surface area contributed by atoms with Crippen molar-refractivity contribution in [1.29, 1.82) is 0 Å². The maximum Gasteiger partial charge on any atom is 0.335 e. The van der Waals surface area contributed by atoms with E-state index < -0.39 is 5.97 Å². The molecule has 23 heavy (non-hydrogen) atoms. The second-order valence-corrected chi connectivity index (χ2v) is 6.49. The Kier molecular flexibility index (Phi) is 5.00. The summed E-state index contributed by atoms with van der Waals surface area (Å²) in [7, 11) is 0. The Morgan fingerprint density at radius 2 is 2.00 bits per heavy atom. The van der Waals surface area contributed by atoms with E-state index in [1.807, 2.05) is 20.8 Å². The van der Waals surface area contributed by atoms with Crippen LogP contribution in [0.25, 0.3) is 0 Å². The van der Waals surface area contributed by atoms with E-state index in [1.165, 1.54) is 23.5 Å². The number of carboxylic acid groups (broad SMARTS) is 1. The topological polar surface area (TPSA) is 88.5 Å². The fourth-order valence-corrected chi connectivity index (χ4v) is 2.85. The molecule has 0 aliphatic carbocycles. The average molecular weight is 334 g/mol. The Labute approximate surface area is 138 Å². The lowest BCUT2D eigenvalue weighted by atomic mass is 10.2. The minimum Gasteiger partial charge on any atom is -0.489 e. The SMILES string of the molecule is Cc1nc(C)c(C(=O)Nc2cc(C(=O)O)ccc2OC(C)C)s1. The van der Waals surface area contributed by atoms with Gasteiger partial charge in [-0.05, 0) is 45.9 Å². The van der Waals surface area contributed by atoms with Gasteiger partial charge < -0.3 is 15.2 Å². The van der Waals surface area contributed by atoms with Gasteiger partial charge in [0.05, 0.1) is 28.1 Å². The summed E-state index contributed by atoms with van der Waals surface area (Å²) in [5.74, 6) is -0.970. The fraction of sp³-hybridized carbons (Fsp3) is 0.312. The highest BCUT2D eigenvalue weighted by Gasteiger charge is 2.17. The summed E-state index contributed by atoms with van der Waals surface area (Å²) in [6, 6.07) is 4.38. The summed E-state index contributed by atoms with van der Waals surface area (Å²) >= 11 is 1.29. The predicted molar refractivity (Wildman–Crippen MR) is 88.7 cm³/mol. The Morgan fingerprint density at radius 1 is 1.30 bits per heavy atom. The number of nitrogens with one attached hydrogen (secondary N) is 1. The van der Waals surface area contributed by atoms with Gasteiger partial charge in [0.2, 0.25) is 0 Å². The number of thiazole rings is 1. The molecular formula is C16H18N2O4S. The van der Waals surface area contributed by atoms with Crippen molar-refractivity contribution in [2.75, 3.05) is 5.32 Å². The number of ether oxygens (including phenoxy) is 1. The second-order valence-electron chi connectivity index (χ2n) is 5.28. The highest BCUT2D eigenvalue weighted by Crippen LogP contribution is 2.28. The van der Waals surface area contributed by atoms with E-state index >= 15 is 0 Å². The number of aromatic carboxylic acids is 1. The van der Waals surface area contributed by atoms with E-state index in [4.69, 9.17) is 9.84 Å². The summed E-state index contributed by atoms with van der Waals surface area (Å²) in [5, 5.41) is 12.6. The number of nitrogens with zero attached hydrogens (tertiary/aromatic N) is 1. The average Bonchev–Trinajstić information content (AvgIpc) is 2.79. The van der Waals surface area contributed by atoms with Crippen molar-refractivity contribution >= 4 is 28.9 Å². The summed E-state index contributed by atoms with van der Waals surface area (Å²) in [4.78, 5) is 28.3. The van der Waals surface area contributed by atoms with Gasteiger partial charge in [-0.15, -0.1) is 11.3 Å². The van der Waals surface area contributed by atoms with E-state index in [2.05, 4.69) is 10.3 Å². The van der Waals surface area contributed by atoms with Gasteiger partial charge in [-0.1, -0.05) is 0 Å². The first-order valence-electron chi connectivity index (χ1n) is 7.07. The molecular weight excluding hydrogens is 316 g/mol. The van der Waals surface area contributed by atoms with Crippen molar-refractivity contribution in [3.05, 3.63) is 39.3 Å². The maximum atomic E-state index is 12.4. The van der Waals surface area contributed by atoms with Gasteiger partial charge in [0.25, 0.3) is 5.91 Å². The first-order valence-corrected chi connectivity index (χ1v) is 7.89. The molecule has 0 saturated carbocycles. The largest absolute Gasteiger partial charge is 0.489 e. The maximum absolute atomic E-state index is 12.4. The Hall–Kier alpha value is -2.41. The number of rotatable bonds is 5. The quantitative estimate of drug-likeness (QED) is 0.873. The van der Waals surface area contributed by atoms with E-state index in [0.29, 0.717) is 22.0 Å². The number of amides is 1. The predicted octanol–water partition coefficient (Wildman–Crippen LogP) is 3.50.